The molecule has 2 aromatic rings. The fourth-order valence-electron chi connectivity index (χ4n) is 4.22. The minimum Gasteiger partial charge on any atom is -0.486 e. The van der Waals surface area contributed by atoms with E-state index in [1.807, 2.05) is 30.9 Å². The van der Waals surface area contributed by atoms with Crippen LogP contribution in [0.5, 0.6) is 5.75 Å². The number of fused-ring (bicyclic) bond motifs is 1. The maximum Gasteiger partial charge on any atom is 0.253 e. The van der Waals surface area contributed by atoms with Crippen molar-refractivity contribution in [1.82, 2.24) is 4.90 Å². The third kappa shape index (κ3) is 3.34. The Labute approximate surface area is 164 Å². The zero-order chi connectivity index (χ0) is 19.2. The number of aryl methyl sites for hydroxylation is 2. The summed E-state index contributed by atoms with van der Waals surface area (Å²) in [6.45, 7) is 5.10. The number of benzene rings is 2. The number of likely N-dealkylation sites (tertiary alicyclic amines) is 1. The van der Waals surface area contributed by atoms with Crippen molar-refractivity contribution in [1.29, 1.82) is 0 Å². The van der Waals surface area contributed by atoms with E-state index in [1.165, 1.54) is 0 Å². The van der Waals surface area contributed by atoms with E-state index in [0.29, 0.717) is 54.3 Å². The number of rotatable bonds is 1. The molecule has 0 saturated carbocycles. The highest BCUT2D eigenvalue weighted by molar-refractivity contribution is 6.30. The maximum absolute atomic E-state index is 12.8. The Balaban J connectivity index is 1.52. The van der Waals surface area contributed by atoms with Gasteiger partial charge in [0.2, 0.25) is 0 Å². The summed E-state index contributed by atoms with van der Waals surface area (Å²) in [4.78, 5) is 27.3. The lowest BCUT2D eigenvalue weighted by Crippen LogP contribution is -2.52. The van der Waals surface area contributed by atoms with Gasteiger partial charge in [0, 0.05) is 36.5 Å². The third-order valence-corrected chi connectivity index (χ3v) is 5.80. The van der Waals surface area contributed by atoms with Crippen LogP contribution in [0.1, 0.15) is 51.1 Å². The lowest BCUT2D eigenvalue weighted by Gasteiger charge is -2.44. The first-order valence-corrected chi connectivity index (χ1v) is 9.63. The minimum atomic E-state index is -0.505. The molecule has 1 spiro atoms. The van der Waals surface area contributed by atoms with Crippen LogP contribution >= 0.6 is 11.6 Å². The molecule has 0 radical (unpaired) electrons. The molecule has 4 rings (SSSR count). The van der Waals surface area contributed by atoms with Crippen LogP contribution in [0.2, 0.25) is 5.02 Å². The molecule has 2 heterocycles. The van der Waals surface area contributed by atoms with Crippen LogP contribution in [0.15, 0.2) is 36.4 Å². The van der Waals surface area contributed by atoms with Crippen LogP contribution in [0.25, 0.3) is 0 Å². The van der Waals surface area contributed by atoms with E-state index in [1.54, 1.807) is 24.3 Å². The molecule has 2 aromatic carbocycles. The van der Waals surface area contributed by atoms with Crippen LogP contribution in [0, 0.1) is 13.8 Å². The van der Waals surface area contributed by atoms with Crippen molar-refractivity contribution in [3.8, 4) is 5.75 Å². The Morgan fingerprint density at radius 3 is 2.59 bits per heavy atom. The molecule has 0 N–H and O–H groups in total. The molecule has 1 amide bonds. The van der Waals surface area contributed by atoms with Gasteiger partial charge in [-0.3, -0.25) is 9.59 Å². The second-order valence-electron chi connectivity index (χ2n) is 7.64. The molecule has 4 nitrogen and oxygen atoms in total. The smallest absolute Gasteiger partial charge is 0.253 e. The first kappa shape index (κ1) is 18.1. The van der Waals surface area contributed by atoms with Gasteiger partial charge in [-0.05, 0) is 49.2 Å². The van der Waals surface area contributed by atoms with Crippen LogP contribution in [-0.2, 0) is 0 Å². The molecule has 27 heavy (non-hydrogen) atoms. The number of halogens is 1. The molecular weight excluding hydrogens is 362 g/mol. The quantitative estimate of drug-likeness (QED) is 0.723. The Morgan fingerprint density at radius 2 is 1.89 bits per heavy atom. The highest BCUT2D eigenvalue weighted by Crippen LogP contribution is 2.41. The monoisotopic (exact) mass is 383 g/mol. The van der Waals surface area contributed by atoms with Crippen molar-refractivity contribution < 1.29 is 14.3 Å². The van der Waals surface area contributed by atoms with E-state index >= 15 is 0 Å². The van der Waals surface area contributed by atoms with E-state index in [2.05, 4.69) is 0 Å². The SMILES string of the molecule is Cc1cc(C)c2c(c1)OC1(CCN(C(=O)c3cccc(Cl)c3)CC1)CC2=O. The highest BCUT2D eigenvalue weighted by atomic mass is 35.5. The number of hydrogen-bond donors (Lipinski definition) is 0. The second-order valence-corrected chi connectivity index (χ2v) is 8.08. The van der Waals surface area contributed by atoms with Crippen molar-refractivity contribution in [2.24, 2.45) is 0 Å². The molecule has 1 saturated heterocycles. The van der Waals surface area contributed by atoms with E-state index in [-0.39, 0.29) is 11.7 Å². The summed E-state index contributed by atoms with van der Waals surface area (Å²) in [7, 11) is 0. The van der Waals surface area contributed by atoms with Crippen molar-refractivity contribution in [2.75, 3.05) is 13.1 Å². The fourth-order valence-corrected chi connectivity index (χ4v) is 4.41. The molecule has 1 fully saturated rings. The molecular formula is C22H22ClNO3. The van der Waals surface area contributed by atoms with Crippen molar-refractivity contribution in [3.05, 3.63) is 63.7 Å². The molecule has 0 aromatic heterocycles. The van der Waals surface area contributed by atoms with E-state index in [4.69, 9.17) is 16.3 Å². The van der Waals surface area contributed by atoms with E-state index in [9.17, 15) is 9.59 Å². The number of nitrogens with zero attached hydrogens (tertiary/aromatic N) is 1. The van der Waals surface area contributed by atoms with E-state index in [0.717, 1.165) is 11.1 Å². The van der Waals surface area contributed by atoms with Crippen molar-refractivity contribution >= 4 is 23.3 Å². The zero-order valence-corrected chi connectivity index (χ0v) is 16.3. The number of amides is 1. The molecule has 2 aliphatic rings. The molecule has 0 atom stereocenters. The molecule has 0 unspecified atom stereocenters. The summed E-state index contributed by atoms with van der Waals surface area (Å²) in [5.74, 6) is 0.809. The van der Waals surface area contributed by atoms with Crippen LogP contribution in [0.3, 0.4) is 0 Å². The standard InChI is InChI=1S/C22H22ClNO3/c1-14-10-15(2)20-18(25)13-22(27-19(20)11-14)6-8-24(9-7-22)21(26)16-4-3-5-17(23)12-16/h3-5,10-12H,6-9,13H2,1-2H3. The average Bonchev–Trinajstić information content (AvgIpc) is 2.60. The van der Waals surface area contributed by atoms with Gasteiger partial charge in [0.1, 0.15) is 11.4 Å². The Kier molecular flexibility index (Phi) is 4.47. The van der Waals surface area contributed by atoms with Gasteiger partial charge in [0.15, 0.2) is 5.78 Å². The van der Waals surface area contributed by atoms with Gasteiger partial charge < -0.3 is 9.64 Å². The predicted octanol–water partition coefficient (Wildman–Crippen LogP) is 4.60. The van der Waals surface area contributed by atoms with Crippen molar-refractivity contribution in [2.45, 2.75) is 38.7 Å². The first-order valence-electron chi connectivity index (χ1n) is 9.25. The molecule has 0 aliphatic carbocycles. The van der Waals surface area contributed by atoms with Gasteiger partial charge >= 0.3 is 0 Å². The number of carbonyl (C=O) groups excluding carboxylic acids is 2. The van der Waals surface area contributed by atoms with Gasteiger partial charge in [0.05, 0.1) is 12.0 Å². The van der Waals surface area contributed by atoms with Gasteiger partial charge in [-0.1, -0.05) is 23.7 Å². The summed E-state index contributed by atoms with van der Waals surface area (Å²) in [6, 6.07) is 11.0. The summed E-state index contributed by atoms with van der Waals surface area (Å²) in [5, 5.41) is 0.554. The fraction of sp³-hybridized carbons (Fsp3) is 0.364. The Morgan fingerprint density at radius 1 is 1.15 bits per heavy atom. The molecule has 5 heteroatoms. The van der Waals surface area contributed by atoms with Gasteiger partial charge in [-0.25, -0.2) is 0 Å². The van der Waals surface area contributed by atoms with Crippen LogP contribution < -0.4 is 4.74 Å². The predicted molar refractivity (Wildman–Crippen MR) is 105 cm³/mol. The first-order chi connectivity index (χ1) is 12.9. The lowest BCUT2D eigenvalue weighted by molar-refractivity contribution is -0.00580. The topological polar surface area (TPSA) is 46.6 Å². The largest absolute Gasteiger partial charge is 0.486 e. The highest BCUT2D eigenvalue weighted by Gasteiger charge is 2.44. The van der Waals surface area contributed by atoms with Gasteiger partial charge in [-0.15, -0.1) is 0 Å². The summed E-state index contributed by atoms with van der Waals surface area (Å²) >= 11 is 6.01. The zero-order valence-electron chi connectivity index (χ0n) is 15.5. The number of carbonyl (C=O) groups is 2. The normalized spacial score (nSPS) is 18.2. The summed E-state index contributed by atoms with van der Waals surface area (Å²) < 4.78 is 6.37. The molecule has 0 bridgehead atoms. The number of ketones is 1. The molecule has 140 valence electrons. The van der Waals surface area contributed by atoms with Crippen LogP contribution in [0.4, 0.5) is 0 Å². The maximum atomic E-state index is 12.8. The minimum absolute atomic E-state index is 0.0263. The lowest BCUT2D eigenvalue weighted by atomic mass is 9.81. The Hall–Kier alpha value is -2.33. The number of piperidine rings is 1. The van der Waals surface area contributed by atoms with Crippen LogP contribution in [-0.4, -0.2) is 35.3 Å². The van der Waals surface area contributed by atoms with Gasteiger partial charge in [-0.2, -0.15) is 0 Å². The number of hydrogen-bond acceptors (Lipinski definition) is 3. The summed E-state index contributed by atoms with van der Waals surface area (Å²) in [6.07, 6.45) is 1.68. The van der Waals surface area contributed by atoms with Gasteiger partial charge in [0.25, 0.3) is 5.91 Å². The van der Waals surface area contributed by atoms with Crippen molar-refractivity contribution in [3.63, 3.8) is 0 Å². The molecule has 2 aliphatic heterocycles. The van der Waals surface area contributed by atoms with E-state index < -0.39 is 5.60 Å². The average molecular weight is 384 g/mol. The number of ether oxygens (including phenoxy) is 1. The second kappa shape index (κ2) is 6.68. The summed E-state index contributed by atoms with van der Waals surface area (Å²) in [5.41, 5.74) is 2.86. The Bertz CT molecular complexity index is 929. The number of Topliss-reactive ketones (excluding diaryl/α,β-unsaturated/α-hetero) is 1. The third-order valence-electron chi connectivity index (χ3n) is 5.57.